The Balaban J connectivity index is 1.69. The van der Waals surface area contributed by atoms with Crippen LogP contribution in [0.25, 0.3) is 0 Å². The number of hydrogen-bond acceptors (Lipinski definition) is 3. The molecule has 0 bridgehead atoms. The third-order valence-electron chi connectivity index (χ3n) is 3.13. The zero-order valence-corrected chi connectivity index (χ0v) is 10.7. The van der Waals surface area contributed by atoms with Crippen molar-refractivity contribution in [3.8, 4) is 0 Å². The summed E-state index contributed by atoms with van der Waals surface area (Å²) in [7, 11) is 0. The molecule has 4 nitrogen and oxygen atoms in total. The molecule has 1 fully saturated rings. The third-order valence-corrected chi connectivity index (χ3v) is 3.13. The minimum absolute atomic E-state index is 0.459. The molecule has 0 spiro atoms. The molecule has 1 unspecified atom stereocenters. The van der Waals surface area contributed by atoms with Crippen LogP contribution >= 0.6 is 0 Å². The summed E-state index contributed by atoms with van der Waals surface area (Å²) in [6.07, 6.45) is 7.21. The minimum atomic E-state index is 0.459. The van der Waals surface area contributed by atoms with E-state index in [1.807, 2.05) is 4.68 Å². The van der Waals surface area contributed by atoms with Crippen LogP contribution in [0.2, 0.25) is 0 Å². The topological polar surface area (TPSA) is 39.1 Å². The molecule has 0 aromatic carbocycles. The van der Waals surface area contributed by atoms with Crippen LogP contribution in [0.4, 0.5) is 0 Å². The summed E-state index contributed by atoms with van der Waals surface area (Å²) in [5, 5.41) is 7.90. The molecular weight excluding hydrogens is 214 g/mol. The second kappa shape index (κ2) is 6.77. The Morgan fingerprint density at radius 1 is 1.59 bits per heavy atom. The molecule has 4 heteroatoms. The highest BCUT2D eigenvalue weighted by Crippen LogP contribution is 2.15. The van der Waals surface area contributed by atoms with Gasteiger partial charge >= 0.3 is 0 Å². The third kappa shape index (κ3) is 4.13. The zero-order valence-electron chi connectivity index (χ0n) is 10.7. The first-order chi connectivity index (χ1) is 8.38. The van der Waals surface area contributed by atoms with E-state index in [1.165, 1.54) is 19.3 Å². The van der Waals surface area contributed by atoms with Gasteiger partial charge < -0.3 is 10.1 Å². The van der Waals surface area contributed by atoms with E-state index in [1.54, 1.807) is 0 Å². The fourth-order valence-electron chi connectivity index (χ4n) is 2.16. The molecule has 1 atom stereocenters. The lowest BCUT2D eigenvalue weighted by atomic mass is 10.2. The SMILES string of the molecule is CCCNCc1ccn(CCC2CCCO2)n1. The van der Waals surface area contributed by atoms with E-state index in [-0.39, 0.29) is 0 Å². The summed E-state index contributed by atoms with van der Waals surface area (Å²) in [5.74, 6) is 0. The fourth-order valence-corrected chi connectivity index (χ4v) is 2.16. The van der Waals surface area contributed by atoms with Gasteiger partial charge in [0.25, 0.3) is 0 Å². The Hall–Kier alpha value is -0.870. The summed E-state index contributed by atoms with van der Waals surface area (Å²) >= 11 is 0. The molecule has 1 aromatic rings. The van der Waals surface area contributed by atoms with Crippen LogP contribution in [0.5, 0.6) is 0 Å². The summed E-state index contributed by atoms with van der Waals surface area (Å²) in [6, 6.07) is 2.10. The first-order valence-electron chi connectivity index (χ1n) is 6.73. The van der Waals surface area contributed by atoms with E-state index in [2.05, 4.69) is 29.6 Å². The molecule has 1 saturated heterocycles. The Bertz CT molecular complexity index is 318. The number of nitrogens with zero attached hydrogens (tertiary/aromatic N) is 2. The second-order valence-corrected chi connectivity index (χ2v) is 4.67. The van der Waals surface area contributed by atoms with Crippen molar-refractivity contribution in [2.45, 2.75) is 51.8 Å². The molecule has 0 saturated carbocycles. The van der Waals surface area contributed by atoms with E-state index in [0.717, 1.165) is 38.4 Å². The van der Waals surface area contributed by atoms with Gasteiger partial charge in [0.2, 0.25) is 0 Å². The molecule has 2 rings (SSSR count). The van der Waals surface area contributed by atoms with E-state index in [4.69, 9.17) is 4.74 Å². The van der Waals surface area contributed by atoms with Crippen LogP contribution in [0.3, 0.4) is 0 Å². The van der Waals surface area contributed by atoms with Crippen LogP contribution in [0, 0.1) is 0 Å². The van der Waals surface area contributed by atoms with Gasteiger partial charge in [-0.2, -0.15) is 5.10 Å². The van der Waals surface area contributed by atoms with Crippen molar-refractivity contribution < 1.29 is 4.74 Å². The van der Waals surface area contributed by atoms with Gasteiger partial charge in [0, 0.05) is 25.9 Å². The molecule has 2 heterocycles. The van der Waals surface area contributed by atoms with Gasteiger partial charge in [0.15, 0.2) is 0 Å². The molecule has 0 aliphatic carbocycles. The predicted molar refractivity (Wildman–Crippen MR) is 67.8 cm³/mol. The summed E-state index contributed by atoms with van der Waals surface area (Å²) in [5.41, 5.74) is 1.13. The standard InChI is InChI=1S/C13H23N3O/c1-2-7-14-11-12-5-8-16(15-12)9-6-13-4-3-10-17-13/h5,8,13-14H,2-4,6-7,9-11H2,1H3. The highest BCUT2D eigenvalue weighted by atomic mass is 16.5. The van der Waals surface area contributed by atoms with Gasteiger partial charge in [-0.25, -0.2) is 0 Å². The summed E-state index contributed by atoms with van der Waals surface area (Å²) in [4.78, 5) is 0. The number of rotatable bonds is 7. The molecule has 96 valence electrons. The first-order valence-corrected chi connectivity index (χ1v) is 6.73. The Kier molecular flexibility index (Phi) is 5.01. The molecule has 0 amide bonds. The monoisotopic (exact) mass is 237 g/mol. The predicted octanol–water partition coefficient (Wildman–Crippen LogP) is 1.95. The Morgan fingerprint density at radius 3 is 3.29 bits per heavy atom. The van der Waals surface area contributed by atoms with Gasteiger partial charge in [-0.15, -0.1) is 0 Å². The van der Waals surface area contributed by atoms with Gasteiger partial charge in [-0.1, -0.05) is 6.92 Å². The van der Waals surface area contributed by atoms with Crippen LogP contribution in [0.15, 0.2) is 12.3 Å². The number of aromatic nitrogens is 2. The zero-order chi connectivity index (χ0) is 11.9. The van der Waals surface area contributed by atoms with Crippen molar-refractivity contribution in [1.82, 2.24) is 15.1 Å². The first kappa shape index (κ1) is 12.6. The van der Waals surface area contributed by atoms with Crippen LogP contribution < -0.4 is 5.32 Å². The lowest BCUT2D eigenvalue weighted by molar-refractivity contribution is 0.0994. The normalized spacial score (nSPS) is 19.9. The van der Waals surface area contributed by atoms with E-state index in [0.29, 0.717) is 6.10 Å². The van der Waals surface area contributed by atoms with Crippen molar-refractivity contribution in [2.24, 2.45) is 0 Å². The van der Waals surface area contributed by atoms with Gasteiger partial charge in [0.05, 0.1) is 11.8 Å². The van der Waals surface area contributed by atoms with Crippen molar-refractivity contribution in [3.05, 3.63) is 18.0 Å². The maximum atomic E-state index is 5.61. The average Bonchev–Trinajstić information content (AvgIpc) is 2.98. The van der Waals surface area contributed by atoms with E-state index >= 15 is 0 Å². The summed E-state index contributed by atoms with van der Waals surface area (Å²) < 4.78 is 7.64. The van der Waals surface area contributed by atoms with Crippen LogP contribution in [-0.4, -0.2) is 29.0 Å². The van der Waals surface area contributed by atoms with Gasteiger partial charge in [-0.3, -0.25) is 4.68 Å². The lowest BCUT2D eigenvalue weighted by Gasteiger charge is -2.08. The summed E-state index contributed by atoms with van der Waals surface area (Å²) in [6.45, 7) is 6.02. The minimum Gasteiger partial charge on any atom is -0.378 e. The van der Waals surface area contributed by atoms with Crippen LogP contribution in [0.1, 0.15) is 38.3 Å². The Labute approximate surface area is 103 Å². The molecule has 1 aliphatic heterocycles. The number of hydrogen-bond donors (Lipinski definition) is 1. The molecule has 1 aliphatic rings. The lowest BCUT2D eigenvalue weighted by Crippen LogP contribution is -2.15. The van der Waals surface area contributed by atoms with Gasteiger partial charge in [0.1, 0.15) is 0 Å². The fraction of sp³-hybridized carbons (Fsp3) is 0.769. The van der Waals surface area contributed by atoms with Crippen molar-refractivity contribution >= 4 is 0 Å². The molecule has 1 N–H and O–H groups in total. The van der Waals surface area contributed by atoms with Crippen molar-refractivity contribution in [3.63, 3.8) is 0 Å². The van der Waals surface area contributed by atoms with E-state index < -0.39 is 0 Å². The highest BCUT2D eigenvalue weighted by Gasteiger charge is 2.15. The quantitative estimate of drug-likeness (QED) is 0.737. The Morgan fingerprint density at radius 2 is 2.53 bits per heavy atom. The number of ether oxygens (including phenoxy) is 1. The smallest absolute Gasteiger partial charge is 0.0762 e. The van der Waals surface area contributed by atoms with Crippen molar-refractivity contribution in [1.29, 1.82) is 0 Å². The second-order valence-electron chi connectivity index (χ2n) is 4.67. The van der Waals surface area contributed by atoms with Crippen LogP contribution in [-0.2, 0) is 17.8 Å². The molecule has 1 aromatic heterocycles. The number of aryl methyl sites for hydroxylation is 1. The maximum Gasteiger partial charge on any atom is 0.0762 e. The molecule has 0 radical (unpaired) electrons. The van der Waals surface area contributed by atoms with Gasteiger partial charge in [-0.05, 0) is 38.3 Å². The largest absolute Gasteiger partial charge is 0.378 e. The maximum absolute atomic E-state index is 5.61. The molecular formula is C13H23N3O. The molecule has 17 heavy (non-hydrogen) atoms. The average molecular weight is 237 g/mol. The van der Waals surface area contributed by atoms with Crippen molar-refractivity contribution in [2.75, 3.05) is 13.2 Å². The highest BCUT2D eigenvalue weighted by molar-refractivity contribution is 4.98. The van der Waals surface area contributed by atoms with E-state index in [9.17, 15) is 0 Å². The number of nitrogens with one attached hydrogen (secondary N) is 1.